The van der Waals surface area contributed by atoms with Crippen LogP contribution < -0.4 is 0 Å². The molecule has 2 rings (SSSR count). The molecule has 0 radical (unpaired) electrons. The summed E-state index contributed by atoms with van der Waals surface area (Å²) in [6.07, 6.45) is -2.52. The quantitative estimate of drug-likeness (QED) is 0.737. The number of aryl methyl sites for hydroxylation is 1. The second-order valence-electron chi connectivity index (χ2n) is 3.66. The van der Waals surface area contributed by atoms with Gasteiger partial charge < -0.3 is 0 Å². The van der Waals surface area contributed by atoms with E-state index < -0.39 is 6.43 Å². The molecule has 1 aromatic carbocycles. The van der Waals surface area contributed by atoms with E-state index in [0.717, 1.165) is 0 Å². The third-order valence-corrected chi connectivity index (χ3v) is 3.82. The highest BCUT2D eigenvalue weighted by atomic mass is 79.9. The van der Waals surface area contributed by atoms with Crippen LogP contribution in [-0.2, 0) is 0 Å². The highest BCUT2D eigenvalue weighted by Gasteiger charge is 2.12. The van der Waals surface area contributed by atoms with Crippen molar-refractivity contribution in [1.82, 2.24) is 9.97 Å². The molecule has 0 amide bonds. The smallest absolute Gasteiger partial charge is 0.232 e. The summed E-state index contributed by atoms with van der Waals surface area (Å²) < 4.78 is 25.8. The number of halogens is 4. The molecule has 18 heavy (non-hydrogen) atoms. The summed E-state index contributed by atoms with van der Waals surface area (Å²) in [6.45, 7) is 1.76. The second-order valence-corrected chi connectivity index (χ2v) is 4.81. The lowest BCUT2D eigenvalue weighted by atomic mass is 10.1. The fourth-order valence-electron chi connectivity index (χ4n) is 1.47. The zero-order valence-corrected chi connectivity index (χ0v) is 11.6. The first-order valence-corrected chi connectivity index (χ1v) is 6.24. The predicted octanol–water partition coefficient (Wildman–Crippen LogP) is 4.81. The Hall–Kier alpha value is -1.07. The minimum Gasteiger partial charge on any atom is -0.232 e. The van der Waals surface area contributed by atoms with Gasteiger partial charge in [-0.1, -0.05) is 29.8 Å². The van der Waals surface area contributed by atoms with Crippen LogP contribution in [0.25, 0.3) is 11.4 Å². The summed E-state index contributed by atoms with van der Waals surface area (Å²) in [5.41, 5.74) is 1.12. The van der Waals surface area contributed by atoms with Crippen molar-refractivity contribution in [1.29, 1.82) is 0 Å². The van der Waals surface area contributed by atoms with Crippen LogP contribution in [0.15, 0.2) is 28.7 Å². The first-order valence-electron chi connectivity index (χ1n) is 5.07. The number of rotatable bonds is 2. The summed E-state index contributed by atoms with van der Waals surface area (Å²) in [7, 11) is 0. The normalized spacial score (nSPS) is 11.0. The van der Waals surface area contributed by atoms with E-state index in [4.69, 9.17) is 11.6 Å². The van der Waals surface area contributed by atoms with Gasteiger partial charge in [-0.3, -0.25) is 0 Å². The van der Waals surface area contributed by atoms with Crippen molar-refractivity contribution in [3.8, 4) is 11.4 Å². The van der Waals surface area contributed by atoms with E-state index in [1.54, 1.807) is 19.1 Å². The van der Waals surface area contributed by atoms with Gasteiger partial charge in [0.2, 0.25) is 0 Å². The first kappa shape index (κ1) is 13.4. The molecular weight excluding hydrogens is 325 g/mol. The van der Waals surface area contributed by atoms with Crippen LogP contribution in [-0.4, -0.2) is 9.97 Å². The van der Waals surface area contributed by atoms with Gasteiger partial charge in [-0.2, -0.15) is 0 Å². The Morgan fingerprint density at radius 2 is 2.00 bits per heavy atom. The zero-order valence-electron chi connectivity index (χ0n) is 9.29. The largest absolute Gasteiger partial charge is 0.263 e. The summed E-state index contributed by atoms with van der Waals surface area (Å²) >= 11 is 9.17. The number of benzene rings is 1. The van der Waals surface area contributed by atoms with Crippen LogP contribution >= 0.6 is 27.5 Å². The number of aromatic nitrogens is 2. The maximum absolute atomic E-state index is 12.6. The van der Waals surface area contributed by atoms with Gasteiger partial charge in [-0.05, 0) is 28.9 Å². The Morgan fingerprint density at radius 1 is 1.28 bits per heavy atom. The molecule has 0 bridgehead atoms. The Bertz CT molecular complexity index is 567. The molecule has 1 heterocycles. The summed E-state index contributed by atoms with van der Waals surface area (Å²) in [4.78, 5) is 8.28. The van der Waals surface area contributed by atoms with Crippen molar-refractivity contribution in [2.45, 2.75) is 13.3 Å². The molecule has 1 aromatic heterocycles. The topological polar surface area (TPSA) is 25.8 Å². The van der Waals surface area contributed by atoms with Crippen LogP contribution in [0.5, 0.6) is 0 Å². The van der Waals surface area contributed by atoms with Gasteiger partial charge in [0.05, 0.1) is 10.2 Å². The van der Waals surface area contributed by atoms with Crippen molar-refractivity contribution in [2.75, 3.05) is 0 Å². The number of nitrogens with zero attached hydrogens (tertiary/aromatic N) is 2. The lowest BCUT2D eigenvalue weighted by Gasteiger charge is -2.06. The second kappa shape index (κ2) is 5.28. The highest BCUT2D eigenvalue weighted by Crippen LogP contribution is 2.28. The van der Waals surface area contributed by atoms with Crippen molar-refractivity contribution in [2.24, 2.45) is 0 Å². The molecule has 0 atom stereocenters. The molecule has 2 aromatic rings. The molecule has 2 nitrogen and oxygen atoms in total. The fourth-order valence-corrected chi connectivity index (χ4v) is 1.86. The average Bonchev–Trinajstić information content (AvgIpc) is 2.35. The molecule has 0 aliphatic rings. The zero-order chi connectivity index (χ0) is 13.3. The molecular formula is C12H8BrClF2N2. The molecule has 94 valence electrons. The summed E-state index contributed by atoms with van der Waals surface area (Å²) in [5, 5.41) is 0.264. The third-order valence-electron chi connectivity index (χ3n) is 2.37. The lowest BCUT2D eigenvalue weighted by molar-refractivity contribution is 0.151. The van der Waals surface area contributed by atoms with Gasteiger partial charge in [0, 0.05) is 11.1 Å². The molecule has 0 fully saturated rings. The fraction of sp³-hybridized carbons (Fsp3) is 0.167. The molecule has 0 saturated heterocycles. The SMILES string of the molecule is Cc1nc(-c2cccc(C(F)F)c2)nc(Cl)c1Br. The van der Waals surface area contributed by atoms with E-state index in [0.29, 0.717) is 21.6 Å². The van der Waals surface area contributed by atoms with Crippen molar-refractivity contribution >= 4 is 27.5 Å². The van der Waals surface area contributed by atoms with Gasteiger partial charge in [-0.15, -0.1) is 0 Å². The van der Waals surface area contributed by atoms with Gasteiger partial charge in [0.15, 0.2) is 5.82 Å². The summed E-state index contributed by atoms with van der Waals surface area (Å²) in [6, 6.07) is 5.95. The molecule has 0 unspecified atom stereocenters. The van der Waals surface area contributed by atoms with Crippen LogP contribution in [0.4, 0.5) is 8.78 Å². The Kier molecular flexibility index (Phi) is 3.92. The van der Waals surface area contributed by atoms with Crippen molar-refractivity contribution in [3.63, 3.8) is 0 Å². The molecule has 0 saturated carbocycles. The third kappa shape index (κ3) is 2.67. The van der Waals surface area contributed by atoms with Crippen molar-refractivity contribution < 1.29 is 8.78 Å². The molecule has 0 aliphatic heterocycles. The molecule has 6 heteroatoms. The average molecular weight is 334 g/mol. The number of hydrogen-bond donors (Lipinski definition) is 0. The standard InChI is InChI=1S/C12H8BrClF2N2/c1-6-9(13)10(14)18-12(17-6)8-4-2-3-7(5-8)11(15)16/h2-5,11H,1H3. The number of alkyl halides is 2. The van der Waals surface area contributed by atoms with Gasteiger partial charge in [0.1, 0.15) is 5.15 Å². The lowest BCUT2D eigenvalue weighted by Crippen LogP contribution is -1.95. The maximum atomic E-state index is 12.6. The van der Waals surface area contributed by atoms with Gasteiger partial charge >= 0.3 is 0 Å². The van der Waals surface area contributed by atoms with E-state index in [1.165, 1.54) is 12.1 Å². The maximum Gasteiger partial charge on any atom is 0.263 e. The Morgan fingerprint density at radius 3 is 2.61 bits per heavy atom. The Balaban J connectivity index is 2.52. The van der Waals surface area contributed by atoms with Crippen LogP contribution in [0, 0.1) is 6.92 Å². The van der Waals surface area contributed by atoms with Crippen LogP contribution in [0.1, 0.15) is 17.7 Å². The van der Waals surface area contributed by atoms with Crippen LogP contribution in [0.2, 0.25) is 5.15 Å². The monoisotopic (exact) mass is 332 g/mol. The molecule has 0 aliphatic carbocycles. The minimum absolute atomic E-state index is 0.0622. The van der Waals surface area contributed by atoms with E-state index in [1.807, 2.05) is 0 Å². The van der Waals surface area contributed by atoms with Gasteiger partial charge in [-0.25, -0.2) is 18.7 Å². The highest BCUT2D eigenvalue weighted by molar-refractivity contribution is 9.10. The van der Waals surface area contributed by atoms with Crippen molar-refractivity contribution in [3.05, 3.63) is 45.1 Å². The van der Waals surface area contributed by atoms with E-state index in [2.05, 4.69) is 25.9 Å². The van der Waals surface area contributed by atoms with E-state index >= 15 is 0 Å². The van der Waals surface area contributed by atoms with Crippen LogP contribution in [0.3, 0.4) is 0 Å². The van der Waals surface area contributed by atoms with E-state index in [-0.39, 0.29) is 10.7 Å². The molecule has 0 N–H and O–H groups in total. The number of hydrogen-bond acceptors (Lipinski definition) is 2. The molecule has 0 spiro atoms. The van der Waals surface area contributed by atoms with Gasteiger partial charge in [0.25, 0.3) is 6.43 Å². The predicted molar refractivity (Wildman–Crippen MR) is 69.9 cm³/mol. The minimum atomic E-state index is -2.52. The Labute approximate surface area is 116 Å². The summed E-state index contributed by atoms with van der Waals surface area (Å²) in [5.74, 6) is 0.336. The first-order chi connectivity index (χ1) is 8.49. The van der Waals surface area contributed by atoms with E-state index in [9.17, 15) is 8.78 Å².